The molecule has 5 nitrogen and oxygen atoms in total. The number of benzene rings is 1. The van der Waals surface area contributed by atoms with Gasteiger partial charge in [0.05, 0.1) is 17.3 Å². The zero-order chi connectivity index (χ0) is 15.2. The summed E-state index contributed by atoms with van der Waals surface area (Å²) < 4.78 is 0. The molecule has 4 N–H and O–H groups in total. The smallest absolute Gasteiger partial charge is 0.238 e. The number of piperidine rings is 1. The van der Waals surface area contributed by atoms with Crippen LogP contribution in [0.2, 0.25) is 5.02 Å². The van der Waals surface area contributed by atoms with Crippen LogP contribution in [0.4, 0.5) is 11.4 Å². The molecule has 0 radical (unpaired) electrons. The van der Waals surface area contributed by atoms with E-state index in [-0.39, 0.29) is 12.5 Å². The van der Waals surface area contributed by atoms with Crippen molar-refractivity contribution in [3.05, 3.63) is 23.2 Å². The summed E-state index contributed by atoms with van der Waals surface area (Å²) in [5.41, 5.74) is 6.78. The molecule has 1 aliphatic rings. The Morgan fingerprint density at radius 2 is 2.33 bits per heavy atom. The molecular formula is C15H22ClN3O2. The van der Waals surface area contributed by atoms with Crippen LogP contribution in [-0.2, 0) is 4.79 Å². The number of nitrogens with one attached hydrogen (secondary N) is 1. The number of hydrogen-bond acceptors (Lipinski definition) is 4. The molecule has 21 heavy (non-hydrogen) atoms. The highest BCUT2D eigenvalue weighted by Gasteiger charge is 2.21. The number of carbonyl (C=O) groups is 1. The normalized spacial score (nSPS) is 19.4. The summed E-state index contributed by atoms with van der Waals surface area (Å²) in [6.07, 6.45) is 3.00. The first kappa shape index (κ1) is 16.1. The van der Waals surface area contributed by atoms with Crippen molar-refractivity contribution in [1.82, 2.24) is 4.90 Å². The number of likely N-dealkylation sites (tertiary alicyclic amines) is 1. The lowest BCUT2D eigenvalue weighted by Crippen LogP contribution is -2.40. The minimum atomic E-state index is -0.0775. The quantitative estimate of drug-likeness (QED) is 0.726. The summed E-state index contributed by atoms with van der Waals surface area (Å²) in [6.45, 7) is 2.35. The molecule has 1 aromatic rings. The fourth-order valence-electron chi connectivity index (χ4n) is 2.74. The number of nitrogens with zero attached hydrogens (tertiary/aromatic N) is 1. The van der Waals surface area contributed by atoms with Crippen molar-refractivity contribution in [2.24, 2.45) is 5.92 Å². The lowest BCUT2D eigenvalue weighted by molar-refractivity contribution is -0.117. The lowest BCUT2D eigenvalue weighted by atomic mass is 9.95. The molecule has 2 rings (SSSR count). The molecule has 1 heterocycles. The Morgan fingerprint density at radius 1 is 1.52 bits per heavy atom. The number of hydrogen-bond donors (Lipinski definition) is 3. The van der Waals surface area contributed by atoms with Crippen LogP contribution in [0.25, 0.3) is 0 Å². The van der Waals surface area contributed by atoms with E-state index in [1.807, 2.05) is 0 Å². The van der Waals surface area contributed by atoms with E-state index < -0.39 is 0 Å². The van der Waals surface area contributed by atoms with Crippen LogP contribution < -0.4 is 11.1 Å². The number of amides is 1. The second-order valence-electron chi connectivity index (χ2n) is 5.54. The molecule has 6 heteroatoms. The van der Waals surface area contributed by atoms with Gasteiger partial charge in [0.2, 0.25) is 5.91 Å². The molecule has 0 spiro atoms. The van der Waals surface area contributed by atoms with Crippen molar-refractivity contribution in [2.45, 2.75) is 19.3 Å². The van der Waals surface area contributed by atoms with E-state index in [0.717, 1.165) is 32.4 Å². The monoisotopic (exact) mass is 311 g/mol. The Hall–Kier alpha value is -1.30. The van der Waals surface area contributed by atoms with E-state index in [2.05, 4.69) is 10.2 Å². The predicted molar refractivity (Wildman–Crippen MR) is 85.4 cm³/mol. The van der Waals surface area contributed by atoms with Crippen molar-refractivity contribution in [2.75, 3.05) is 37.3 Å². The van der Waals surface area contributed by atoms with E-state index in [1.165, 1.54) is 0 Å². The van der Waals surface area contributed by atoms with Crippen molar-refractivity contribution in [3.63, 3.8) is 0 Å². The third-order valence-corrected chi connectivity index (χ3v) is 4.09. The molecular weight excluding hydrogens is 290 g/mol. The minimum absolute atomic E-state index is 0.0775. The number of carbonyl (C=O) groups excluding carboxylic acids is 1. The lowest BCUT2D eigenvalue weighted by Gasteiger charge is -2.31. The topological polar surface area (TPSA) is 78.6 Å². The van der Waals surface area contributed by atoms with Gasteiger partial charge in [-0.3, -0.25) is 9.69 Å². The van der Waals surface area contributed by atoms with E-state index in [4.69, 9.17) is 22.4 Å². The fraction of sp³-hybridized carbons (Fsp3) is 0.533. The maximum absolute atomic E-state index is 12.1. The maximum Gasteiger partial charge on any atom is 0.238 e. The van der Waals surface area contributed by atoms with Crippen LogP contribution in [0.3, 0.4) is 0 Å². The first-order valence-corrected chi connectivity index (χ1v) is 7.64. The van der Waals surface area contributed by atoms with E-state index >= 15 is 0 Å². The van der Waals surface area contributed by atoms with E-state index in [0.29, 0.717) is 28.9 Å². The maximum atomic E-state index is 12.1. The van der Waals surface area contributed by atoms with Crippen LogP contribution in [-0.4, -0.2) is 42.2 Å². The molecule has 1 fully saturated rings. The molecule has 0 aromatic heterocycles. The summed E-state index contributed by atoms with van der Waals surface area (Å²) in [5, 5.41) is 12.3. The summed E-state index contributed by atoms with van der Waals surface area (Å²) in [5.74, 6) is 0.406. The Morgan fingerprint density at radius 3 is 3.05 bits per heavy atom. The van der Waals surface area contributed by atoms with Crippen molar-refractivity contribution in [3.8, 4) is 0 Å². The van der Waals surface area contributed by atoms with Gasteiger partial charge in [0, 0.05) is 18.8 Å². The fourth-order valence-corrected chi connectivity index (χ4v) is 2.97. The molecule has 0 bridgehead atoms. The highest BCUT2D eigenvalue weighted by Crippen LogP contribution is 2.24. The molecule has 1 aromatic carbocycles. The van der Waals surface area contributed by atoms with Crippen molar-refractivity contribution >= 4 is 28.9 Å². The van der Waals surface area contributed by atoms with Gasteiger partial charge in [-0.05, 0) is 49.9 Å². The Kier molecular flexibility index (Phi) is 5.85. The van der Waals surface area contributed by atoms with Gasteiger partial charge in [-0.2, -0.15) is 0 Å². The summed E-state index contributed by atoms with van der Waals surface area (Å²) >= 11 is 6.04. The van der Waals surface area contributed by atoms with Gasteiger partial charge in [0.15, 0.2) is 0 Å². The highest BCUT2D eigenvalue weighted by molar-refractivity contribution is 6.34. The average Bonchev–Trinajstić information content (AvgIpc) is 2.43. The highest BCUT2D eigenvalue weighted by atomic mass is 35.5. The molecule has 0 aliphatic carbocycles. The molecule has 116 valence electrons. The van der Waals surface area contributed by atoms with Gasteiger partial charge in [0.1, 0.15) is 0 Å². The molecule has 1 unspecified atom stereocenters. The second-order valence-corrected chi connectivity index (χ2v) is 5.95. The second kappa shape index (κ2) is 7.64. The van der Waals surface area contributed by atoms with Gasteiger partial charge < -0.3 is 16.2 Å². The van der Waals surface area contributed by atoms with Crippen LogP contribution in [0, 0.1) is 5.92 Å². The average molecular weight is 312 g/mol. The van der Waals surface area contributed by atoms with Gasteiger partial charge in [-0.1, -0.05) is 11.6 Å². The number of rotatable bonds is 5. The standard InChI is InChI=1S/C15H22ClN3O2/c16-13-8-12(17)3-4-14(13)18-15(21)10-19-6-1-2-11(9-19)5-7-20/h3-4,8,11,20H,1-2,5-7,9-10,17H2,(H,18,21). The molecule has 0 saturated carbocycles. The van der Waals surface area contributed by atoms with Crippen LogP contribution in [0.15, 0.2) is 18.2 Å². The van der Waals surface area contributed by atoms with Gasteiger partial charge in [-0.25, -0.2) is 0 Å². The number of nitrogen functional groups attached to an aromatic ring is 1. The number of aliphatic hydroxyl groups excluding tert-OH is 1. The van der Waals surface area contributed by atoms with Crippen LogP contribution >= 0.6 is 11.6 Å². The summed E-state index contributed by atoms with van der Waals surface area (Å²) in [7, 11) is 0. The predicted octanol–water partition coefficient (Wildman–Crippen LogP) is 1.96. The zero-order valence-electron chi connectivity index (χ0n) is 12.0. The summed E-state index contributed by atoms with van der Waals surface area (Å²) in [4.78, 5) is 14.2. The number of nitrogens with two attached hydrogens (primary N) is 1. The van der Waals surface area contributed by atoms with Crippen molar-refractivity contribution < 1.29 is 9.90 Å². The summed E-state index contributed by atoms with van der Waals surface area (Å²) in [6, 6.07) is 5.04. The first-order valence-electron chi connectivity index (χ1n) is 7.26. The first-order chi connectivity index (χ1) is 10.1. The Balaban J connectivity index is 1.86. The molecule has 1 saturated heterocycles. The van der Waals surface area contributed by atoms with E-state index in [9.17, 15) is 4.79 Å². The Bertz CT molecular complexity index is 494. The van der Waals surface area contributed by atoms with Gasteiger partial charge in [-0.15, -0.1) is 0 Å². The van der Waals surface area contributed by atoms with Gasteiger partial charge in [0.25, 0.3) is 0 Å². The minimum Gasteiger partial charge on any atom is -0.399 e. The van der Waals surface area contributed by atoms with Crippen LogP contribution in [0.1, 0.15) is 19.3 Å². The van der Waals surface area contributed by atoms with Crippen LogP contribution in [0.5, 0.6) is 0 Å². The van der Waals surface area contributed by atoms with Gasteiger partial charge >= 0.3 is 0 Å². The number of anilines is 2. The molecule has 1 amide bonds. The SMILES string of the molecule is Nc1ccc(NC(=O)CN2CCCC(CCO)C2)c(Cl)c1. The zero-order valence-corrected chi connectivity index (χ0v) is 12.8. The van der Waals surface area contributed by atoms with Crippen molar-refractivity contribution in [1.29, 1.82) is 0 Å². The number of halogens is 1. The third kappa shape index (κ3) is 4.88. The molecule has 1 aliphatic heterocycles. The largest absolute Gasteiger partial charge is 0.399 e. The molecule has 1 atom stereocenters. The van der Waals surface area contributed by atoms with E-state index in [1.54, 1.807) is 18.2 Å². The third-order valence-electron chi connectivity index (χ3n) is 3.77. The number of aliphatic hydroxyl groups is 1. The Labute approximate surface area is 130 Å².